The third-order valence-electron chi connectivity index (χ3n) is 11.1. The standard InChI is InChI=1S/C45H48N2O10/c1-5-26(3)39(46-44(52)55-23-36-32-19-11-7-15-28(32)29-16-8-12-20-33(29)36)42(50)54-25-38(41(48)49)57-43(51)40(27(4)6-2)47-45(53)56-24-37-34-21-13-9-17-30(34)31-18-10-14-22-35(31)37/h7-22,26-27,36-40H,5-6,23-25H2,1-4H3,(H,46,52)(H,47,53)(H,48,49)/t26-,27-,38?,39-,40-/m0/s1. The van der Waals surface area contributed by atoms with E-state index >= 15 is 0 Å². The van der Waals surface area contributed by atoms with Gasteiger partial charge in [-0.25, -0.2) is 24.0 Å². The normalized spacial score (nSPS) is 15.3. The molecular weight excluding hydrogens is 728 g/mol. The highest BCUT2D eigenvalue weighted by atomic mass is 16.6. The molecular formula is C45H48N2O10. The van der Waals surface area contributed by atoms with Crippen LogP contribution >= 0.6 is 0 Å². The summed E-state index contributed by atoms with van der Waals surface area (Å²) in [5.74, 6) is -4.80. The summed E-state index contributed by atoms with van der Waals surface area (Å²) in [6, 6.07) is 29.1. The summed E-state index contributed by atoms with van der Waals surface area (Å²) in [5.41, 5.74) is 8.37. The van der Waals surface area contributed by atoms with Crippen LogP contribution in [0.1, 0.15) is 74.6 Å². The molecule has 0 aliphatic heterocycles. The molecule has 4 aromatic carbocycles. The minimum Gasteiger partial charge on any atom is -0.478 e. The molecule has 5 atom stereocenters. The Kier molecular flexibility index (Phi) is 12.9. The van der Waals surface area contributed by atoms with Crippen LogP contribution in [0.4, 0.5) is 9.59 Å². The van der Waals surface area contributed by atoms with Gasteiger partial charge in [-0.05, 0) is 56.3 Å². The number of carbonyl (C=O) groups excluding carboxylic acids is 4. The maximum atomic E-state index is 13.4. The molecule has 12 heteroatoms. The van der Waals surface area contributed by atoms with Crippen molar-refractivity contribution in [3.63, 3.8) is 0 Å². The number of hydrogen-bond donors (Lipinski definition) is 3. The van der Waals surface area contributed by atoms with E-state index in [9.17, 15) is 29.1 Å². The Labute approximate surface area is 331 Å². The largest absolute Gasteiger partial charge is 0.478 e. The van der Waals surface area contributed by atoms with E-state index in [2.05, 4.69) is 10.6 Å². The predicted octanol–water partition coefficient (Wildman–Crippen LogP) is 7.43. The summed E-state index contributed by atoms with van der Waals surface area (Å²) < 4.78 is 21.9. The highest BCUT2D eigenvalue weighted by Gasteiger charge is 2.36. The van der Waals surface area contributed by atoms with Gasteiger partial charge in [0.05, 0.1) is 0 Å². The van der Waals surface area contributed by atoms with Gasteiger partial charge in [-0.1, -0.05) is 138 Å². The molecule has 57 heavy (non-hydrogen) atoms. The Morgan fingerprint density at radius 1 is 0.561 bits per heavy atom. The number of fused-ring (bicyclic) bond motifs is 6. The van der Waals surface area contributed by atoms with E-state index in [1.807, 2.05) is 104 Å². The number of amides is 2. The molecule has 2 aliphatic carbocycles. The van der Waals surface area contributed by atoms with Crippen LogP contribution in [0.2, 0.25) is 0 Å². The van der Waals surface area contributed by atoms with Crippen LogP contribution in [-0.2, 0) is 33.3 Å². The highest BCUT2D eigenvalue weighted by molar-refractivity contribution is 5.86. The van der Waals surface area contributed by atoms with Crippen molar-refractivity contribution >= 4 is 30.1 Å². The first-order chi connectivity index (χ1) is 27.5. The molecule has 0 bridgehead atoms. The predicted molar refractivity (Wildman–Crippen MR) is 211 cm³/mol. The summed E-state index contributed by atoms with van der Waals surface area (Å²) in [6.45, 7) is 6.27. The lowest BCUT2D eigenvalue weighted by Crippen LogP contribution is -2.49. The fourth-order valence-electron chi connectivity index (χ4n) is 7.49. The number of carbonyl (C=O) groups is 5. The van der Waals surface area contributed by atoms with Gasteiger partial charge in [0.2, 0.25) is 6.10 Å². The molecule has 2 amide bonds. The van der Waals surface area contributed by atoms with Crippen LogP contribution in [-0.4, -0.2) is 73.2 Å². The third kappa shape index (κ3) is 8.95. The van der Waals surface area contributed by atoms with Gasteiger partial charge in [-0.15, -0.1) is 0 Å². The van der Waals surface area contributed by atoms with Crippen molar-refractivity contribution in [3.8, 4) is 22.3 Å². The van der Waals surface area contributed by atoms with E-state index in [4.69, 9.17) is 18.9 Å². The Balaban J connectivity index is 1.04. The molecule has 0 heterocycles. The molecule has 6 rings (SSSR count). The van der Waals surface area contributed by atoms with Crippen LogP contribution in [0, 0.1) is 11.8 Å². The van der Waals surface area contributed by atoms with Crippen molar-refractivity contribution < 1.29 is 48.0 Å². The van der Waals surface area contributed by atoms with E-state index in [0.29, 0.717) is 12.8 Å². The molecule has 0 aromatic heterocycles. The lowest BCUT2D eigenvalue weighted by Gasteiger charge is -2.26. The van der Waals surface area contributed by atoms with E-state index < -0.39 is 66.7 Å². The van der Waals surface area contributed by atoms with Crippen molar-refractivity contribution in [2.45, 2.75) is 70.6 Å². The van der Waals surface area contributed by atoms with E-state index in [0.717, 1.165) is 44.5 Å². The Hall–Kier alpha value is -6.17. The number of esters is 2. The molecule has 2 aliphatic rings. The number of ether oxygens (including phenoxy) is 4. The fourth-order valence-corrected chi connectivity index (χ4v) is 7.49. The average Bonchev–Trinajstić information content (AvgIpc) is 3.73. The van der Waals surface area contributed by atoms with E-state index in [-0.39, 0.29) is 25.0 Å². The minimum atomic E-state index is -1.90. The molecule has 12 nitrogen and oxygen atoms in total. The third-order valence-corrected chi connectivity index (χ3v) is 11.1. The maximum absolute atomic E-state index is 13.4. The summed E-state index contributed by atoms with van der Waals surface area (Å²) in [6.07, 6.45) is -2.69. The maximum Gasteiger partial charge on any atom is 0.407 e. The molecule has 0 radical (unpaired) electrons. The molecule has 4 aromatic rings. The first-order valence-electron chi connectivity index (χ1n) is 19.3. The summed E-state index contributed by atoms with van der Waals surface area (Å²) >= 11 is 0. The molecule has 0 saturated heterocycles. The lowest BCUT2D eigenvalue weighted by atomic mass is 9.98. The molecule has 0 saturated carbocycles. The summed E-state index contributed by atoms with van der Waals surface area (Å²) in [7, 11) is 0. The number of carboxylic acids is 1. The lowest BCUT2D eigenvalue weighted by molar-refractivity contribution is -0.173. The minimum absolute atomic E-state index is 0.0112. The van der Waals surface area contributed by atoms with Crippen molar-refractivity contribution in [2.24, 2.45) is 11.8 Å². The zero-order chi connectivity index (χ0) is 40.6. The Bertz CT molecular complexity index is 2030. The number of benzene rings is 4. The van der Waals surface area contributed by atoms with Gasteiger partial charge in [0.25, 0.3) is 0 Å². The van der Waals surface area contributed by atoms with E-state index in [1.54, 1.807) is 20.8 Å². The SMILES string of the molecule is CC[C@H](C)[C@H](NC(=O)OCC1c2ccccc2-c2ccccc21)C(=O)OCC(OC(=O)[C@@H](NC(=O)OCC1c2ccccc2-c2ccccc21)[C@@H](C)CC)C(=O)O. The number of aliphatic carboxylic acids is 1. The monoisotopic (exact) mass is 776 g/mol. The van der Waals surface area contributed by atoms with E-state index in [1.165, 1.54) is 0 Å². The van der Waals surface area contributed by atoms with Crippen molar-refractivity contribution in [3.05, 3.63) is 119 Å². The zero-order valence-corrected chi connectivity index (χ0v) is 32.4. The number of carboxylic acid groups (broad SMARTS) is 1. The van der Waals surface area contributed by atoms with Crippen molar-refractivity contribution in [2.75, 3.05) is 19.8 Å². The van der Waals surface area contributed by atoms with Gasteiger partial charge >= 0.3 is 30.1 Å². The van der Waals surface area contributed by atoms with Gasteiger partial charge < -0.3 is 34.7 Å². The van der Waals surface area contributed by atoms with Crippen LogP contribution < -0.4 is 10.6 Å². The van der Waals surface area contributed by atoms with Crippen LogP contribution in [0.25, 0.3) is 22.3 Å². The molecule has 1 unspecified atom stereocenters. The average molecular weight is 777 g/mol. The second-order valence-electron chi connectivity index (χ2n) is 14.6. The Morgan fingerprint density at radius 3 is 1.26 bits per heavy atom. The first kappa shape index (κ1) is 40.5. The van der Waals surface area contributed by atoms with Crippen LogP contribution in [0.15, 0.2) is 97.1 Å². The van der Waals surface area contributed by atoms with Crippen molar-refractivity contribution in [1.29, 1.82) is 0 Å². The molecule has 298 valence electrons. The number of nitrogens with one attached hydrogen (secondary N) is 2. The quantitative estimate of drug-likeness (QED) is 0.0769. The van der Waals surface area contributed by atoms with Gasteiger partial charge in [0, 0.05) is 11.8 Å². The number of rotatable bonds is 16. The van der Waals surface area contributed by atoms with Crippen LogP contribution in [0.5, 0.6) is 0 Å². The number of alkyl carbamates (subject to hydrolysis) is 2. The van der Waals surface area contributed by atoms with Crippen molar-refractivity contribution in [1.82, 2.24) is 10.6 Å². The fraction of sp³-hybridized carbons (Fsp3) is 0.356. The second-order valence-corrected chi connectivity index (χ2v) is 14.6. The van der Waals surface area contributed by atoms with Gasteiger partial charge in [-0.3, -0.25) is 0 Å². The summed E-state index contributed by atoms with van der Waals surface area (Å²) in [4.78, 5) is 65.2. The van der Waals surface area contributed by atoms with Gasteiger partial charge in [0.1, 0.15) is 31.9 Å². The molecule has 0 fully saturated rings. The summed E-state index contributed by atoms with van der Waals surface area (Å²) in [5, 5.41) is 15.1. The zero-order valence-electron chi connectivity index (χ0n) is 32.4. The topological polar surface area (TPSA) is 167 Å². The Morgan fingerprint density at radius 2 is 0.912 bits per heavy atom. The van der Waals surface area contributed by atoms with Crippen LogP contribution in [0.3, 0.4) is 0 Å². The molecule has 0 spiro atoms. The number of hydrogen-bond acceptors (Lipinski definition) is 9. The smallest absolute Gasteiger partial charge is 0.407 e. The second kappa shape index (κ2) is 18.2. The van der Waals surface area contributed by atoms with Gasteiger partial charge in [-0.2, -0.15) is 0 Å². The highest BCUT2D eigenvalue weighted by Crippen LogP contribution is 2.45. The first-order valence-corrected chi connectivity index (χ1v) is 19.3. The molecule has 3 N–H and O–H groups in total. The van der Waals surface area contributed by atoms with Gasteiger partial charge in [0.15, 0.2) is 0 Å².